The van der Waals surface area contributed by atoms with E-state index in [1.54, 1.807) is 39.0 Å². The Morgan fingerprint density at radius 2 is 1.91 bits per heavy atom. The van der Waals surface area contributed by atoms with Crippen LogP contribution in [0, 0.1) is 6.92 Å². The highest BCUT2D eigenvalue weighted by Gasteiger charge is 2.35. The van der Waals surface area contributed by atoms with Crippen LogP contribution in [0.1, 0.15) is 44.4 Å². The lowest BCUT2D eigenvalue weighted by Gasteiger charge is -2.34. The van der Waals surface area contributed by atoms with Gasteiger partial charge in [0.15, 0.2) is 0 Å². The molecule has 10 heteroatoms. The molecule has 2 N–H and O–H groups in total. The molecule has 0 aliphatic heterocycles. The van der Waals surface area contributed by atoms with Crippen LogP contribution in [-0.2, 0) is 23.9 Å². The van der Waals surface area contributed by atoms with Gasteiger partial charge in [-0.25, -0.2) is 4.79 Å². The highest BCUT2D eigenvalue weighted by molar-refractivity contribution is 7.98. The lowest BCUT2D eigenvalue weighted by Crippen LogP contribution is -2.53. The Balaban J connectivity index is 3.38. The number of aryl methyl sites for hydroxylation is 1. The molecule has 0 radical (unpaired) electrons. The van der Waals surface area contributed by atoms with E-state index in [-0.39, 0.29) is 13.1 Å². The van der Waals surface area contributed by atoms with Gasteiger partial charge < -0.3 is 25.0 Å². The van der Waals surface area contributed by atoms with Gasteiger partial charge in [0.25, 0.3) is 0 Å². The number of nitrogens with zero attached hydrogens (tertiary/aromatic N) is 1. The van der Waals surface area contributed by atoms with Gasteiger partial charge in [0, 0.05) is 6.54 Å². The Hall–Kier alpha value is -3.01. The Morgan fingerprint density at radius 1 is 1.23 bits per heavy atom. The highest BCUT2D eigenvalue weighted by atomic mass is 32.2. The number of hydrogen-bond acceptors (Lipinski definition) is 7. The smallest absolute Gasteiger partial charge is 0.408 e. The second-order valence-electron chi connectivity index (χ2n) is 8.87. The van der Waals surface area contributed by atoms with Crippen LogP contribution in [0.4, 0.5) is 4.79 Å². The quantitative estimate of drug-likeness (QED) is 0.330. The van der Waals surface area contributed by atoms with Crippen molar-refractivity contribution in [2.45, 2.75) is 51.8 Å². The van der Waals surface area contributed by atoms with Crippen LogP contribution in [-0.4, -0.2) is 72.6 Å². The minimum absolute atomic E-state index is 0.0366. The van der Waals surface area contributed by atoms with Crippen molar-refractivity contribution in [3.8, 4) is 0 Å². The summed E-state index contributed by atoms with van der Waals surface area (Å²) in [4.78, 5) is 52.5. The minimum Gasteiger partial charge on any atom is -0.468 e. The molecule has 2 atom stereocenters. The Morgan fingerprint density at radius 3 is 2.46 bits per heavy atom. The number of amides is 3. The number of carbonyl (C=O) groups excluding carboxylic acids is 4. The van der Waals surface area contributed by atoms with E-state index in [0.29, 0.717) is 17.7 Å². The molecular formula is C25H37N3O6S. The normalized spacial score (nSPS) is 12.6. The summed E-state index contributed by atoms with van der Waals surface area (Å²) in [5.74, 6) is -1.05. The molecule has 2 unspecified atom stereocenters. The fraction of sp³-hybridized carbons (Fsp3) is 0.520. The van der Waals surface area contributed by atoms with Gasteiger partial charge in [0.2, 0.25) is 11.8 Å². The molecule has 0 fully saturated rings. The van der Waals surface area contributed by atoms with E-state index >= 15 is 0 Å². The summed E-state index contributed by atoms with van der Waals surface area (Å²) in [6.45, 7) is 10.5. The van der Waals surface area contributed by atoms with Crippen molar-refractivity contribution in [2.75, 3.05) is 32.2 Å². The van der Waals surface area contributed by atoms with Crippen molar-refractivity contribution < 1.29 is 28.7 Å². The zero-order valence-corrected chi connectivity index (χ0v) is 22.2. The van der Waals surface area contributed by atoms with Crippen molar-refractivity contribution >= 4 is 35.6 Å². The molecule has 0 bridgehead atoms. The number of hydrogen-bond donors (Lipinski definition) is 2. The van der Waals surface area contributed by atoms with Crippen LogP contribution < -0.4 is 10.6 Å². The summed E-state index contributed by atoms with van der Waals surface area (Å²) in [5, 5.41) is 5.20. The number of nitrogens with one attached hydrogen (secondary N) is 2. The molecule has 0 aliphatic carbocycles. The Labute approximate surface area is 212 Å². The van der Waals surface area contributed by atoms with E-state index in [4.69, 9.17) is 4.74 Å². The fourth-order valence-corrected chi connectivity index (χ4v) is 3.72. The third-order valence-corrected chi connectivity index (χ3v) is 5.41. The Bertz CT molecular complexity index is 899. The predicted octanol–water partition coefficient (Wildman–Crippen LogP) is 2.99. The van der Waals surface area contributed by atoms with Gasteiger partial charge in [-0.1, -0.05) is 35.9 Å². The second-order valence-corrected chi connectivity index (χ2v) is 9.86. The Kier molecular flexibility index (Phi) is 12.4. The number of carbonyl (C=O) groups is 4. The highest BCUT2D eigenvalue weighted by Crippen LogP contribution is 2.24. The molecule has 0 spiro atoms. The van der Waals surface area contributed by atoms with Crippen molar-refractivity contribution in [3.05, 3.63) is 48.0 Å². The molecule has 9 nitrogen and oxygen atoms in total. The largest absolute Gasteiger partial charge is 0.468 e. The van der Waals surface area contributed by atoms with Crippen LogP contribution in [0.3, 0.4) is 0 Å². The summed E-state index contributed by atoms with van der Waals surface area (Å²) >= 11 is 1.53. The van der Waals surface area contributed by atoms with E-state index in [1.807, 2.05) is 19.2 Å². The first-order chi connectivity index (χ1) is 16.4. The summed E-state index contributed by atoms with van der Waals surface area (Å²) in [6.07, 6.45) is 3.01. The van der Waals surface area contributed by atoms with Gasteiger partial charge in [0.05, 0.1) is 7.11 Å². The van der Waals surface area contributed by atoms with E-state index < -0.39 is 41.6 Å². The molecule has 1 aromatic carbocycles. The average molecular weight is 508 g/mol. The average Bonchev–Trinajstić information content (AvgIpc) is 2.78. The first-order valence-corrected chi connectivity index (χ1v) is 12.6. The molecule has 0 heterocycles. The minimum atomic E-state index is -1.07. The van der Waals surface area contributed by atoms with Crippen LogP contribution in [0.15, 0.2) is 36.9 Å². The standard InChI is InChI=1S/C25H37N3O6S/c1-8-13-28(23(31)19(12-14-35-7)27-24(32)34-25(3,4)5)21(18-11-9-10-17(2)15-18)22(30)26-16-20(29)33-6/h8-11,15,19,21H,1,12-14,16H2,2-7H3,(H,26,30)(H,27,32). The first kappa shape index (κ1) is 30.0. The lowest BCUT2D eigenvalue weighted by atomic mass is 10.0. The van der Waals surface area contributed by atoms with Gasteiger partial charge in [-0.05, 0) is 51.7 Å². The molecule has 0 saturated heterocycles. The molecule has 3 amide bonds. The lowest BCUT2D eigenvalue weighted by molar-refractivity contribution is -0.144. The third-order valence-electron chi connectivity index (χ3n) is 4.76. The molecule has 194 valence electrons. The summed E-state index contributed by atoms with van der Waals surface area (Å²) < 4.78 is 9.96. The zero-order valence-electron chi connectivity index (χ0n) is 21.4. The van der Waals surface area contributed by atoms with E-state index in [0.717, 1.165) is 5.56 Å². The maximum Gasteiger partial charge on any atom is 0.408 e. The van der Waals surface area contributed by atoms with E-state index in [9.17, 15) is 19.2 Å². The molecule has 1 aromatic rings. The molecular weight excluding hydrogens is 470 g/mol. The van der Waals surface area contributed by atoms with Gasteiger partial charge in [-0.3, -0.25) is 14.4 Å². The molecule has 35 heavy (non-hydrogen) atoms. The summed E-state index contributed by atoms with van der Waals surface area (Å²) in [5.41, 5.74) is 0.712. The molecule has 0 aromatic heterocycles. The number of methoxy groups -OCH3 is 1. The van der Waals surface area contributed by atoms with Crippen LogP contribution in [0.2, 0.25) is 0 Å². The van der Waals surface area contributed by atoms with Crippen molar-refractivity contribution in [2.24, 2.45) is 0 Å². The van der Waals surface area contributed by atoms with Gasteiger partial charge in [-0.15, -0.1) is 6.58 Å². The van der Waals surface area contributed by atoms with Crippen molar-refractivity contribution in [1.29, 1.82) is 0 Å². The SMILES string of the molecule is C=CCN(C(=O)C(CCSC)NC(=O)OC(C)(C)C)C(C(=O)NCC(=O)OC)c1cccc(C)c1. The number of benzene rings is 1. The van der Waals surface area contributed by atoms with Crippen LogP contribution in [0.5, 0.6) is 0 Å². The summed E-state index contributed by atoms with van der Waals surface area (Å²) in [7, 11) is 1.22. The monoisotopic (exact) mass is 507 g/mol. The second kappa shape index (κ2) is 14.4. The number of thioether (sulfide) groups is 1. The van der Waals surface area contributed by atoms with E-state index in [2.05, 4.69) is 21.9 Å². The number of esters is 1. The maximum absolute atomic E-state index is 13.8. The first-order valence-electron chi connectivity index (χ1n) is 11.2. The predicted molar refractivity (Wildman–Crippen MR) is 137 cm³/mol. The molecule has 0 aliphatic rings. The third kappa shape index (κ3) is 10.4. The molecule has 1 rings (SSSR count). The number of alkyl carbamates (subject to hydrolysis) is 1. The number of ether oxygens (including phenoxy) is 2. The summed E-state index contributed by atoms with van der Waals surface area (Å²) in [6, 6.07) is 5.19. The van der Waals surface area contributed by atoms with Crippen molar-refractivity contribution in [3.63, 3.8) is 0 Å². The van der Waals surface area contributed by atoms with Crippen molar-refractivity contribution in [1.82, 2.24) is 15.5 Å². The maximum atomic E-state index is 13.8. The van der Waals surface area contributed by atoms with Gasteiger partial charge in [0.1, 0.15) is 24.2 Å². The number of rotatable bonds is 12. The van der Waals surface area contributed by atoms with Crippen LogP contribution >= 0.6 is 11.8 Å². The van der Waals surface area contributed by atoms with Gasteiger partial charge >= 0.3 is 12.1 Å². The van der Waals surface area contributed by atoms with E-state index in [1.165, 1.54) is 29.8 Å². The van der Waals surface area contributed by atoms with Gasteiger partial charge in [-0.2, -0.15) is 11.8 Å². The van der Waals surface area contributed by atoms with Crippen LogP contribution in [0.25, 0.3) is 0 Å². The topological polar surface area (TPSA) is 114 Å². The molecule has 0 saturated carbocycles. The zero-order chi connectivity index (χ0) is 26.6. The fourth-order valence-electron chi connectivity index (χ4n) is 3.25.